The molecule has 1 heterocycles. The van der Waals surface area contributed by atoms with E-state index in [4.69, 9.17) is 16.9 Å². The standard InChI is InChI=1S/C14H16ClFN2/c1-14(2,8-17)13-6-5-12(18-13)10-7-9(15)3-4-11(10)16/h3-4,7,12-13,18H,5-6H2,1-2H3. The summed E-state index contributed by atoms with van der Waals surface area (Å²) >= 11 is 5.90. The summed E-state index contributed by atoms with van der Waals surface area (Å²) in [6.45, 7) is 3.81. The van der Waals surface area contributed by atoms with E-state index in [1.54, 1.807) is 12.1 Å². The van der Waals surface area contributed by atoms with Crippen molar-refractivity contribution in [3.05, 3.63) is 34.6 Å². The molecular formula is C14H16ClFN2. The molecule has 0 aromatic heterocycles. The van der Waals surface area contributed by atoms with Gasteiger partial charge in [-0.15, -0.1) is 0 Å². The molecule has 0 spiro atoms. The third-order valence-corrected chi connectivity index (χ3v) is 3.87. The normalized spacial score (nSPS) is 23.9. The Bertz CT molecular complexity index is 493. The molecule has 0 saturated carbocycles. The van der Waals surface area contributed by atoms with Crippen molar-refractivity contribution >= 4 is 11.6 Å². The summed E-state index contributed by atoms with van der Waals surface area (Å²) in [5, 5.41) is 13.0. The van der Waals surface area contributed by atoms with E-state index >= 15 is 0 Å². The highest BCUT2D eigenvalue weighted by atomic mass is 35.5. The maximum absolute atomic E-state index is 13.8. The summed E-state index contributed by atoms with van der Waals surface area (Å²) in [5.74, 6) is -0.243. The summed E-state index contributed by atoms with van der Waals surface area (Å²) in [6, 6.07) is 6.94. The lowest BCUT2D eigenvalue weighted by molar-refractivity contribution is 0.340. The molecule has 1 fully saturated rings. The zero-order valence-corrected chi connectivity index (χ0v) is 11.3. The van der Waals surface area contributed by atoms with Crippen molar-refractivity contribution in [1.82, 2.24) is 5.32 Å². The average molecular weight is 267 g/mol. The highest BCUT2D eigenvalue weighted by Crippen LogP contribution is 2.36. The molecule has 1 aromatic carbocycles. The molecule has 2 atom stereocenters. The maximum Gasteiger partial charge on any atom is 0.128 e. The zero-order valence-electron chi connectivity index (χ0n) is 10.5. The topological polar surface area (TPSA) is 35.8 Å². The lowest BCUT2D eigenvalue weighted by Crippen LogP contribution is -2.37. The first-order valence-corrected chi connectivity index (χ1v) is 6.44. The molecule has 0 amide bonds. The highest BCUT2D eigenvalue weighted by molar-refractivity contribution is 6.30. The van der Waals surface area contributed by atoms with Gasteiger partial charge in [0.15, 0.2) is 0 Å². The van der Waals surface area contributed by atoms with E-state index in [2.05, 4.69) is 11.4 Å². The first-order chi connectivity index (χ1) is 8.44. The monoisotopic (exact) mass is 266 g/mol. The van der Waals surface area contributed by atoms with Gasteiger partial charge in [-0.1, -0.05) is 11.6 Å². The van der Waals surface area contributed by atoms with Gasteiger partial charge in [0.2, 0.25) is 0 Å². The van der Waals surface area contributed by atoms with E-state index in [1.807, 2.05) is 13.8 Å². The fourth-order valence-corrected chi connectivity index (χ4v) is 2.60. The van der Waals surface area contributed by atoms with Crippen LogP contribution in [0.2, 0.25) is 5.02 Å². The molecule has 1 aliphatic rings. The SMILES string of the molecule is CC(C)(C#N)C1CCC(c2cc(Cl)ccc2F)N1. The largest absolute Gasteiger partial charge is 0.305 e. The van der Waals surface area contributed by atoms with Gasteiger partial charge in [-0.2, -0.15) is 5.26 Å². The van der Waals surface area contributed by atoms with Gasteiger partial charge in [0, 0.05) is 22.7 Å². The third kappa shape index (κ3) is 2.50. The molecule has 2 nitrogen and oxygen atoms in total. The number of hydrogen-bond acceptors (Lipinski definition) is 2. The Balaban J connectivity index is 2.19. The van der Waals surface area contributed by atoms with Crippen LogP contribution in [0.4, 0.5) is 4.39 Å². The molecule has 1 aliphatic heterocycles. The minimum atomic E-state index is -0.441. The van der Waals surface area contributed by atoms with E-state index in [1.165, 1.54) is 6.07 Å². The van der Waals surface area contributed by atoms with Gasteiger partial charge in [0.1, 0.15) is 5.82 Å². The van der Waals surface area contributed by atoms with Crippen LogP contribution in [0.3, 0.4) is 0 Å². The van der Waals surface area contributed by atoms with Gasteiger partial charge in [-0.3, -0.25) is 0 Å². The molecule has 2 rings (SSSR count). The van der Waals surface area contributed by atoms with E-state index in [9.17, 15) is 4.39 Å². The quantitative estimate of drug-likeness (QED) is 0.883. The Morgan fingerprint density at radius 3 is 2.83 bits per heavy atom. The number of benzene rings is 1. The Morgan fingerprint density at radius 2 is 2.17 bits per heavy atom. The minimum absolute atomic E-state index is 0.0543. The lowest BCUT2D eigenvalue weighted by Gasteiger charge is -2.25. The van der Waals surface area contributed by atoms with Crippen molar-refractivity contribution in [3.63, 3.8) is 0 Å². The average Bonchev–Trinajstić information content (AvgIpc) is 2.82. The fourth-order valence-electron chi connectivity index (χ4n) is 2.42. The Labute approximate surface area is 112 Å². The van der Waals surface area contributed by atoms with Crippen LogP contribution >= 0.6 is 11.6 Å². The van der Waals surface area contributed by atoms with Crippen LogP contribution in [0.5, 0.6) is 0 Å². The van der Waals surface area contributed by atoms with Gasteiger partial charge < -0.3 is 5.32 Å². The Morgan fingerprint density at radius 1 is 1.44 bits per heavy atom. The number of nitrogens with one attached hydrogen (secondary N) is 1. The molecule has 2 unspecified atom stereocenters. The highest BCUT2D eigenvalue weighted by Gasteiger charge is 2.36. The summed E-state index contributed by atoms with van der Waals surface area (Å²) in [6.07, 6.45) is 1.70. The van der Waals surface area contributed by atoms with Crippen molar-refractivity contribution < 1.29 is 4.39 Å². The molecule has 0 bridgehead atoms. The maximum atomic E-state index is 13.8. The van der Waals surface area contributed by atoms with Crippen molar-refractivity contribution in [2.75, 3.05) is 0 Å². The third-order valence-electron chi connectivity index (χ3n) is 3.64. The zero-order chi connectivity index (χ0) is 13.3. The Kier molecular flexibility index (Phi) is 3.61. The van der Waals surface area contributed by atoms with E-state index in [0.29, 0.717) is 10.6 Å². The first kappa shape index (κ1) is 13.3. The predicted molar refractivity (Wildman–Crippen MR) is 69.7 cm³/mol. The van der Waals surface area contributed by atoms with Gasteiger partial charge in [0.25, 0.3) is 0 Å². The van der Waals surface area contributed by atoms with E-state index in [-0.39, 0.29) is 17.9 Å². The van der Waals surface area contributed by atoms with Gasteiger partial charge >= 0.3 is 0 Å². The van der Waals surface area contributed by atoms with Gasteiger partial charge in [-0.25, -0.2) is 4.39 Å². The fraction of sp³-hybridized carbons (Fsp3) is 0.500. The summed E-state index contributed by atoms with van der Waals surface area (Å²) in [4.78, 5) is 0. The van der Waals surface area contributed by atoms with Crippen molar-refractivity contribution in [2.45, 2.75) is 38.8 Å². The first-order valence-electron chi connectivity index (χ1n) is 6.06. The smallest absolute Gasteiger partial charge is 0.128 e. The molecule has 1 saturated heterocycles. The second-order valence-corrected chi connectivity index (χ2v) is 5.78. The molecule has 96 valence electrons. The number of halogens is 2. The van der Waals surface area contributed by atoms with Crippen LogP contribution in [0.1, 0.15) is 38.3 Å². The van der Waals surface area contributed by atoms with Gasteiger partial charge in [0.05, 0.1) is 11.5 Å². The molecule has 0 radical (unpaired) electrons. The van der Waals surface area contributed by atoms with Crippen molar-refractivity contribution in [2.24, 2.45) is 5.41 Å². The molecule has 18 heavy (non-hydrogen) atoms. The number of hydrogen-bond donors (Lipinski definition) is 1. The number of nitrogens with zero attached hydrogens (tertiary/aromatic N) is 1. The van der Waals surface area contributed by atoms with E-state index < -0.39 is 5.41 Å². The van der Waals surface area contributed by atoms with Crippen LogP contribution in [0.15, 0.2) is 18.2 Å². The van der Waals surface area contributed by atoms with Crippen LogP contribution < -0.4 is 5.32 Å². The van der Waals surface area contributed by atoms with Crippen LogP contribution in [0, 0.1) is 22.6 Å². The lowest BCUT2D eigenvalue weighted by atomic mass is 9.85. The van der Waals surface area contributed by atoms with Crippen LogP contribution in [0.25, 0.3) is 0 Å². The van der Waals surface area contributed by atoms with Crippen LogP contribution in [-0.2, 0) is 0 Å². The summed E-state index contributed by atoms with van der Waals surface area (Å²) in [7, 11) is 0. The van der Waals surface area contributed by atoms with Crippen molar-refractivity contribution in [1.29, 1.82) is 5.26 Å². The molecule has 1 aromatic rings. The molecule has 1 N–H and O–H groups in total. The van der Waals surface area contributed by atoms with E-state index in [0.717, 1.165) is 12.8 Å². The van der Waals surface area contributed by atoms with Crippen LogP contribution in [-0.4, -0.2) is 6.04 Å². The van der Waals surface area contributed by atoms with Gasteiger partial charge in [-0.05, 0) is 44.9 Å². The molecule has 0 aliphatic carbocycles. The second-order valence-electron chi connectivity index (χ2n) is 5.35. The Hall–Kier alpha value is -1.11. The molecule has 4 heteroatoms. The number of nitriles is 1. The summed E-state index contributed by atoms with van der Waals surface area (Å²) in [5.41, 5.74) is 0.155. The predicted octanol–water partition coefficient (Wildman–Crippen LogP) is 3.82. The number of rotatable bonds is 2. The second kappa shape index (κ2) is 4.87. The van der Waals surface area contributed by atoms with Crippen molar-refractivity contribution in [3.8, 4) is 6.07 Å². The summed E-state index contributed by atoms with van der Waals surface area (Å²) < 4.78 is 13.8. The molecular weight excluding hydrogens is 251 g/mol. The minimum Gasteiger partial charge on any atom is -0.305 e.